The molecule has 0 aliphatic rings. The number of amides is 1. The standard InChI is InChI=1S/C25H33N9O3/c1-4-5-14-37-24-29-22(26)21-23(30-24)33(25(36)28-21)13-9-12-32(15-19-10-7-6-8-11-19)20(35)16-34-18(3)27-17(2)31-34/h6-8,10-11H,4-5,9,12-16H2,1-3H3,(H,28,36)(H2,26,29,30). The molecule has 196 valence electrons. The molecule has 0 saturated carbocycles. The van der Waals surface area contributed by atoms with Gasteiger partial charge in [0.05, 0.1) is 6.61 Å². The summed E-state index contributed by atoms with van der Waals surface area (Å²) >= 11 is 0. The van der Waals surface area contributed by atoms with E-state index in [1.165, 1.54) is 4.57 Å². The van der Waals surface area contributed by atoms with Crippen molar-refractivity contribution in [2.45, 2.75) is 59.7 Å². The van der Waals surface area contributed by atoms with Crippen LogP contribution < -0.4 is 16.2 Å². The van der Waals surface area contributed by atoms with E-state index in [9.17, 15) is 9.59 Å². The van der Waals surface area contributed by atoms with E-state index in [2.05, 4.69) is 32.0 Å². The van der Waals surface area contributed by atoms with E-state index in [0.29, 0.717) is 55.5 Å². The molecule has 4 aromatic rings. The summed E-state index contributed by atoms with van der Waals surface area (Å²) in [5.74, 6) is 1.39. The van der Waals surface area contributed by atoms with Crippen LogP contribution >= 0.6 is 0 Å². The summed E-state index contributed by atoms with van der Waals surface area (Å²) < 4.78 is 8.73. The second-order valence-corrected chi connectivity index (χ2v) is 8.89. The molecule has 0 spiro atoms. The van der Waals surface area contributed by atoms with Crippen molar-refractivity contribution in [3.63, 3.8) is 0 Å². The number of hydrogen-bond donors (Lipinski definition) is 2. The molecular formula is C25H33N9O3. The van der Waals surface area contributed by atoms with Gasteiger partial charge in [-0.1, -0.05) is 43.7 Å². The minimum Gasteiger partial charge on any atom is -0.463 e. The Balaban J connectivity index is 1.50. The summed E-state index contributed by atoms with van der Waals surface area (Å²) in [5.41, 5.74) is 7.50. The van der Waals surface area contributed by atoms with Crippen LogP contribution in [-0.2, 0) is 24.4 Å². The van der Waals surface area contributed by atoms with Crippen LogP contribution in [0.2, 0.25) is 0 Å². The number of carbonyl (C=O) groups excluding carboxylic acids is 1. The molecule has 12 nitrogen and oxygen atoms in total. The van der Waals surface area contributed by atoms with E-state index < -0.39 is 0 Å². The number of anilines is 1. The number of ether oxygens (including phenoxy) is 1. The van der Waals surface area contributed by atoms with Gasteiger partial charge in [-0.2, -0.15) is 15.1 Å². The first kappa shape index (κ1) is 25.9. The third kappa shape index (κ3) is 6.32. The van der Waals surface area contributed by atoms with E-state index in [1.54, 1.807) is 16.5 Å². The van der Waals surface area contributed by atoms with Gasteiger partial charge in [0.25, 0.3) is 0 Å². The van der Waals surface area contributed by atoms with Crippen molar-refractivity contribution >= 4 is 22.9 Å². The van der Waals surface area contributed by atoms with E-state index in [-0.39, 0.29) is 30.0 Å². The molecule has 0 atom stereocenters. The summed E-state index contributed by atoms with van der Waals surface area (Å²) in [6.07, 6.45) is 2.36. The van der Waals surface area contributed by atoms with Gasteiger partial charge in [0.2, 0.25) is 5.91 Å². The SMILES string of the molecule is CCCCOc1nc(N)c2[nH]c(=O)n(CCCN(Cc3ccccc3)C(=O)Cn3nc(C)nc3C)c2n1. The number of hydrogen-bond acceptors (Lipinski definition) is 8. The average Bonchev–Trinajstić information content (AvgIpc) is 3.36. The first-order valence-electron chi connectivity index (χ1n) is 12.4. The van der Waals surface area contributed by atoms with Gasteiger partial charge in [-0.3, -0.25) is 9.36 Å². The van der Waals surface area contributed by atoms with E-state index in [4.69, 9.17) is 10.5 Å². The largest absolute Gasteiger partial charge is 0.463 e. The molecule has 3 N–H and O–H groups in total. The van der Waals surface area contributed by atoms with Gasteiger partial charge in [-0.25, -0.2) is 14.5 Å². The van der Waals surface area contributed by atoms with Crippen LogP contribution in [0.15, 0.2) is 35.1 Å². The third-order valence-electron chi connectivity index (χ3n) is 5.99. The lowest BCUT2D eigenvalue weighted by Gasteiger charge is -2.23. The Morgan fingerprint density at radius 3 is 2.62 bits per heavy atom. The molecule has 1 amide bonds. The van der Waals surface area contributed by atoms with Crippen LogP contribution in [0.5, 0.6) is 6.01 Å². The van der Waals surface area contributed by atoms with Crippen molar-refractivity contribution in [3.05, 3.63) is 58.0 Å². The number of aromatic amines is 1. The van der Waals surface area contributed by atoms with Crippen LogP contribution in [0, 0.1) is 13.8 Å². The van der Waals surface area contributed by atoms with Gasteiger partial charge in [-0.05, 0) is 32.3 Å². The number of aryl methyl sites for hydroxylation is 3. The van der Waals surface area contributed by atoms with Crippen molar-refractivity contribution in [2.75, 3.05) is 18.9 Å². The number of nitrogens with zero attached hydrogens (tertiary/aromatic N) is 7. The molecule has 0 fully saturated rings. The zero-order valence-corrected chi connectivity index (χ0v) is 21.5. The first-order valence-corrected chi connectivity index (χ1v) is 12.4. The predicted octanol–water partition coefficient (Wildman–Crippen LogP) is 2.21. The van der Waals surface area contributed by atoms with Crippen LogP contribution in [0.4, 0.5) is 5.82 Å². The van der Waals surface area contributed by atoms with Gasteiger partial charge >= 0.3 is 11.7 Å². The molecule has 0 unspecified atom stereocenters. The Labute approximate surface area is 214 Å². The molecule has 37 heavy (non-hydrogen) atoms. The lowest BCUT2D eigenvalue weighted by atomic mass is 10.2. The second-order valence-electron chi connectivity index (χ2n) is 8.89. The molecule has 0 aliphatic carbocycles. The van der Waals surface area contributed by atoms with Crippen molar-refractivity contribution in [2.24, 2.45) is 0 Å². The van der Waals surface area contributed by atoms with Gasteiger partial charge < -0.3 is 20.4 Å². The van der Waals surface area contributed by atoms with Crippen molar-refractivity contribution in [3.8, 4) is 6.01 Å². The zero-order chi connectivity index (χ0) is 26.4. The molecule has 3 heterocycles. The second kappa shape index (κ2) is 11.7. The number of nitrogens with one attached hydrogen (secondary N) is 1. The number of rotatable bonds is 12. The fourth-order valence-electron chi connectivity index (χ4n) is 4.07. The van der Waals surface area contributed by atoms with Crippen molar-refractivity contribution in [1.82, 2.24) is 39.2 Å². The average molecular weight is 508 g/mol. The smallest absolute Gasteiger partial charge is 0.327 e. The number of nitrogen functional groups attached to an aromatic ring is 1. The van der Waals surface area contributed by atoms with Crippen molar-refractivity contribution < 1.29 is 9.53 Å². The Bertz CT molecular complexity index is 1410. The number of nitrogens with two attached hydrogens (primary N) is 1. The van der Waals surface area contributed by atoms with Crippen LogP contribution in [0.1, 0.15) is 43.4 Å². The highest BCUT2D eigenvalue weighted by Gasteiger charge is 2.18. The minimum absolute atomic E-state index is 0.0821. The normalized spacial score (nSPS) is 11.2. The number of carbonyl (C=O) groups is 1. The summed E-state index contributed by atoms with van der Waals surface area (Å²) in [7, 11) is 0. The quantitative estimate of drug-likeness (QED) is 0.277. The Kier molecular flexibility index (Phi) is 8.16. The van der Waals surface area contributed by atoms with Gasteiger partial charge in [0.15, 0.2) is 11.5 Å². The fraction of sp³-hybridized carbons (Fsp3) is 0.440. The molecule has 4 rings (SSSR count). The molecule has 1 aromatic carbocycles. The van der Waals surface area contributed by atoms with Crippen LogP contribution in [0.25, 0.3) is 11.2 Å². The highest BCUT2D eigenvalue weighted by atomic mass is 16.5. The number of H-pyrrole nitrogens is 1. The van der Waals surface area contributed by atoms with Gasteiger partial charge in [0.1, 0.15) is 23.7 Å². The topological polar surface area (TPSA) is 150 Å². The summed E-state index contributed by atoms with van der Waals surface area (Å²) in [5, 5.41) is 4.32. The number of benzene rings is 1. The zero-order valence-electron chi connectivity index (χ0n) is 21.5. The first-order chi connectivity index (χ1) is 17.9. The number of imidazole rings is 1. The predicted molar refractivity (Wildman–Crippen MR) is 139 cm³/mol. The van der Waals surface area contributed by atoms with E-state index in [1.807, 2.05) is 37.3 Å². The molecule has 0 saturated heterocycles. The number of unbranched alkanes of at least 4 members (excludes halogenated alkanes) is 1. The Hall–Kier alpha value is -4.22. The maximum atomic E-state index is 13.3. The third-order valence-corrected chi connectivity index (χ3v) is 5.99. The minimum atomic E-state index is -0.337. The van der Waals surface area contributed by atoms with E-state index >= 15 is 0 Å². The van der Waals surface area contributed by atoms with Crippen LogP contribution in [-0.4, -0.2) is 58.2 Å². The summed E-state index contributed by atoms with van der Waals surface area (Å²) in [4.78, 5) is 43.3. The number of fused-ring (bicyclic) bond motifs is 1. The lowest BCUT2D eigenvalue weighted by Crippen LogP contribution is -2.35. The number of aromatic nitrogens is 7. The summed E-state index contributed by atoms with van der Waals surface area (Å²) in [6.45, 7) is 7.46. The maximum absolute atomic E-state index is 13.3. The molecule has 0 bridgehead atoms. The van der Waals surface area contributed by atoms with Crippen LogP contribution in [0.3, 0.4) is 0 Å². The lowest BCUT2D eigenvalue weighted by molar-refractivity contribution is -0.132. The molecule has 0 radical (unpaired) electrons. The van der Waals surface area contributed by atoms with Crippen molar-refractivity contribution in [1.29, 1.82) is 0 Å². The van der Waals surface area contributed by atoms with E-state index in [0.717, 1.165) is 18.4 Å². The van der Waals surface area contributed by atoms with Gasteiger partial charge in [-0.15, -0.1) is 0 Å². The molecular weight excluding hydrogens is 474 g/mol. The maximum Gasteiger partial charge on any atom is 0.327 e. The highest BCUT2D eigenvalue weighted by molar-refractivity contribution is 5.81. The molecule has 0 aliphatic heterocycles. The molecule has 12 heteroatoms. The molecule has 3 aromatic heterocycles. The fourth-order valence-corrected chi connectivity index (χ4v) is 4.07. The monoisotopic (exact) mass is 507 g/mol. The van der Waals surface area contributed by atoms with Gasteiger partial charge in [0, 0.05) is 19.6 Å². The Morgan fingerprint density at radius 1 is 1.14 bits per heavy atom. The summed E-state index contributed by atoms with van der Waals surface area (Å²) in [6, 6.07) is 9.93. The highest BCUT2D eigenvalue weighted by Crippen LogP contribution is 2.18. The Morgan fingerprint density at radius 2 is 1.92 bits per heavy atom.